The van der Waals surface area contributed by atoms with Crippen molar-refractivity contribution < 1.29 is 37.0 Å². The Balaban J connectivity index is 1.38. The number of hydrogen-bond donors (Lipinski definition) is 3. The third kappa shape index (κ3) is 8.43. The maximum atomic E-state index is 13.6. The van der Waals surface area contributed by atoms with Gasteiger partial charge in [0.05, 0.1) is 23.9 Å². The molecule has 2 amide bonds. The fourth-order valence-corrected chi connectivity index (χ4v) is 4.96. The van der Waals surface area contributed by atoms with Gasteiger partial charge in [0, 0.05) is 42.2 Å². The van der Waals surface area contributed by atoms with Gasteiger partial charge in [-0.15, -0.1) is 0 Å². The van der Waals surface area contributed by atoms with E-state index in [1.165, 1.54) is 18.2 Å². The zero-order valence-electron chi connectivity index (χ0n) is 24.2. The monoisotopic (exact) mass is 692 g/mol. The Labute approximate surface area is 274 Å². The Hall–Kier alpha value is -4.57. The van der Waals surface area contributed by atoms with E-state index < -0.39 is 57.6 Å². The minimum absolute atomic E-state index is 0.00268. The third-order valence-corrected chi connectivity index (χ3v) is 7.53. The highest BCUT2D eigenvalue weighted by Crippen LogP contribution is 2.27. The Bertz CT molecular complexity index is 1900. The van der Waals surface area contributed by atoms with Crippen LogP contribution in [0.2, 0.25) is 10.0 Å². The lowest BCUT2D eigenvalue weighted by Crippen LogP contribution is -2.38. The number of morpholine rings is 1. The van der Waals surface area contributed by atoms with Gasteiger partial charge in [0.25, 0.3) is 23.2 Å². The first kappa shape index (κ1) is 33.8. The molecule has 2 aromatic heterocycles. The number of Topliss-reactive ketones (excluding diaryl/α,β-unsaturated/α-hetero) is 1. The van der Waals surface area contributed by atoms with Crippen LogP contribution in [-0.2, 0) is 11.3 Å². The fraction of sp³-hybridized carbons (Fsp3) is 0.267. The first-order valence-corrected chi connectivity index (χ1v) is 14.8. The average Bonchev–Trinajstić information content (AvgIpc) is 3.03. The number of ether oxygens (including phenoxy) is 2. The second kappa shape index (κ2) is 14.5. The maximum Gasteiger partial charge on any atom is 0.456 e. The van der Waals surface area contributed by atoms with Gasteiger partial charge in [0.1, 0.15) is 23.5 Å². The molecule has 246 valence electrons. The molecule has 3 heterocycles. The summed E-state index contributed by atoms with van der Waals surface area (Å²) < 4.78 is 51.4. The number of alkyl halides is 3. The van der Waals surface area contributed by atoms with E-state index in [1.807, 2.05) is 4.90 Å². The average molecular weight is 693 g/mol. The van der Waals surface area contributed by atoms with E-state index in [9.17, 15) is 32.3 Å². The number of rotatable bonds is 10. The lowest BCUT2D eigenvalue weighted by molar-refractivity contribution is -0.0887. The molecule has 12 nitrogen and oxygen atoms in total. The van der Waals surface area contributed by atoms with Crippen LogP contribution in [0.3, 0.4) is 0 Å². The molecule has 1 aliphatic rings. The molecule has 5 rings (SSSR count). The summed E-state index contributed by atoms with van der Waals surface area (Å²) in [5.41, 5.74) is -2.51. The summed E-state index contributed by atoms with van der Waals surface area (Å²) >= 11 is 12.2. The van der Waals surface area contributed by atoms with Gasteiger partial charge in [-0.3, -0.25) is 24.1 Å². The van der Waals surface area contributed by atoms with Crippen LogP contribution in [0, 0.1) is 0 Å². The number of aromatic nitrogens is 3. The van der Waals surface area contributed by atoms with Gasteiger partial charge in [-0.1, -0.05) is 35.3 Å². The number of amides is 2. The molecule has 0 unspecified atom stereocenters. The van der Waals surface area contributed by atoms with E-state index in [4.69, 9.17) is 32.7 Å². The van der Waals surface area contributed by atoms with Crippen molar-refractivity contribution in [1.29, 1.82) is 0 Å². The van der Waals surface area contributed by atoms with Crippen molar-refractivity contribution in [3.8, 4) is 6.01 Å². The standard InChI is InChI=1S/C30H25Cl2F3N6O6/c31-18-3-1-2-16(12-18)15-36-26(43)17-4-5-21(32)22(13-17)37-27(44)20-14-19-23(24(42)30(33,34)35)38-29(40-25(19)39-28(20)45)47-11-8-41-6-9-46-10-7-41/h1-5,12-14H,6-11,15H2,(H,36,43)(H,37,44)(H,38,39,40,45). The van der Waals surface area contributed by atoms with Gasteiger partial charge >= 0.3 is 12.2 Å². The first-order chi connectivity index (χ1) is 22.4. The third-order valence-electron chi connectivity index (χ3n) is 6.97. The van der Waals surface area contributed by atoms with Crippen LogP contribution in [0.25, 0.3) is 11.0 Å². The van der Waals surface area contributed by atoms with Crippen LogP contribution in [-0.4, -0.2) is 83.1 Å². The molecule has 0 aliphatic carbocycles. The molecule has 4 aromatic rings. The van der Waals surface area contributed by atoms with Crippen molar-refractivity contribution in [2.24, 2.45) is 0 Å². The Morgan fingerprint density at radius 3 is 2.51 bits per heavy atom. The second-order valence-corrected chi connectivity index (χ2v) is 11.1. The number of carbonyl (C=O) groups is 3. The van der Waals surface area contributed by atoms with Crippen LogP contribution in [0.5, 0.6) is 6.01 Å². The van der Waals surface area contributed by atoms with Crippen LogP contribution in [0.1, 0.15) is 36.8 Å². The number of hydrogen-bond acceptors (Lipinski definition) is 9. The molecule has 2 aromatic carbocycles. The predicted octanol–water partition coefficient (Wildman–Crippen LogP) is 4.26. The molecule has 47 heavy (non-hydrogen) atoms. The molecule has 1 saturated heterocycles. The van der Waals surface area contributed by atoms with Crippen molar-refractivity contribution in [2.45, 2.75) is 12.7 Å². The highest BCUT2D eigenvalue weighted by atomic mass is 35.5. The summed E-state index contributed by atoms with van der Waals surface area (Å²) in [6.45, 7) is 2.81. The van der Waals surface area contributed by atoms with Gasteiger partial charge in [0.15, 0.2) is 0 Å². The van der Waals surface area contributed by atoms with Gasteiger partial charge in [-0.2, -0.15) is 23.1 Å². The summed E-state index contributed by atoms with van der Waals surface area (Å²) in [6, 6.07) is 11.1. The summed E-state index contributed by atoms with van der Waals surface area (Å²) in [6.07, 6.45) is -5.34. The number of aromatic amines is 1. The Morgan fingerprint density at radius 1 is 1.02 bits per heavy atom. The van der Waals surface area contributed by atoms with Crippen molar-refractivity contribution in [3.63, 3.8) is 0 Å². The zero-order valence-corrected chi connectivity index (χ0v) is 25.8. The molecule has 3 N–H and O–H groups in total. The van der Waals surface area contributed by atoms with E-state index in [0.717, 1.165) is 11.6 Å². The van der Waals surface area contributed by atoms with Crippen LogP contribution >= 0.6 is 23.2 Å². The summed E-state index contributed by atoms with van der Waals surface area (Å²) in [5, 5.41) is 5.03. The molecule has 0 bridgehead atoms. The molecule has 1 aliphatic heterocycles. The van der Waals surface area contributed by atoms with Crippen molar-refractivity contribution in [2.75, 3.05) is 44.8 Å². The topological polar surface area (TPSA) is 156 Å². The number of H-pyrrole nitrogens is 1. The van der Waals surface area contributed by atoms with E-state index >= 15 is 0 Å². The molecule has 1 fully saturated rings. The molecule has 17 heteroatoms. The molecule has 0 radical (unpaired) electrons. The van der Waals surface area contributed by atoms with Crippen molar-refractivity contribution in [3.05, 3.63) is 91.3 Å². The minimum atomic E-state index is -5.34. The quantitative estimate of drug-likeness (QED) is 0.207. The van der Waals surface area contributed by atoms with Crippen LogP contribution < -0.4 is 20.9 Å². The van der Waals surface area contributed by atoms with Crippen molar-refractivity contribution >= 4 is 57.5 Å². The fourth-order valence-electron chi connectivity index (χ4n) is 4.58. The molecule has 0 saturated carbocycles. The summed E-state index contributed by atoms with van der Waals surface area (Å²) in [4.78, 5) is 63.1. The van der Waals surface area contributed by atoms with E-state index in [1.54, 1.807) is 24.3 Å². The largest absolute Gasteiger partial charge is 0.462 e. The molecular weight excluding hydrogens is 668 g/mol. The number of halogens is 5. The van der Waals surface area contributed by atoms with Gasteiger partial charge in [-0.25, -0.2) is 0 Å². The number of nitrogens with one attached hydrogen (secondary N) is 3. The smallest absolute Gasteiger partial charge is 0.456 e. The highest BCUT2D eigenvalue weighted by molar-refractivity contribution is 6.34. The minimum Gasteiger partial charge on any atom is -0.462 e. The van der Waals surface area contributed by atoms with E-state index in [0.29, 0.717) is 37.9 Å². The van der Waals surface area contributed by atoms with E-state index in [-0.39, 0.29) is 29.4 Å². The van der Waals surface area contributed by atoms with Crippen LogP contribution in [0.4, 0.5) is 18.9 Å². The summed E-state index contributed by atoms with van der Waals surface area (Å²) in [5.74, 6) is -3.94. The number of nitrogens with zero attached hydrogens (tertiary/aromatic N) is 3. The van der Waals surface area contributed by atoms with Gasteiger partial charge in [-0.05, 0) is 42.0 Å². The molecule has 0 spiro atoms. The summed E-state index contributed by atoms with van der Waals surface area (Å²) in [7, 11) is 0. The molecule has 0 atom stereocenters. The Kier molecular flexibility index (Phi) is 10.4. The zero-order chi connectivity index (χ0) is 33.7. The lowest BCUT2D eigenvalue weighted by atomic mass is 10.1. The first-order valence-electron chi connectivity index (χ1n) is 14.0. The van der Waals surface area contributed by atoms with Crippen molar-refractivity contribution in [1.82, 2.24) is 25.2 Å². The van der Waals surface area contributed by atoms with E-state index in [2.05, 4.69) is 25.6 Å². The molecular formula is C30H25Cl2F3N6O6. The normalized spacial score (nSPS) is 13.7. The number of fused-ring (bicyclic) bond motifs is 1. The number of ketones is 1. The Morgan fingerprint density at radius 2 is 1.79 bits per heavy atom. The SMILES string of the molecule is O=C(NCc1cccc(Cl)c1)c1ccc(Cl)c(NC(=O)c2cc3c(C(=O)C(F)(F)F)nc(OCCN4CCOCC4)nc3[nH]c2=O)c1. The number of anilines is 1. The number of carbonyl (C=O) groups excluding carboxylic acids is 3. The maximum absolute atomic E-state index is 13.6. The van der Waals surface area contributed by atoms with Gasteiger partial charge < -0.3 is 25.1 Å². The number of benzene rings is 2. The number of pyridine rings is 1. The second-order valence-electron chi connectivity index (χ2n) is 10.2. The van der Waals surface area contributed by atoms with Crippen LogP contribution in [0.15, 0.2) is 53.3 Å². The highest BCUT2D eigenvalue weighted by Gasteiger charge is 2.42. The predicted molar refractivity (Wildman–Crippen MR) is 165 cm³/mol. The van der Waals surface area contributed by atoms with Gasteiger partial charge in [0.2, 0.25) is 0 Å². The lowest BCUT2D eigenvalue weighted by Gasteiger charge is -2.26.